The molecular weight excluding hydrogens is 392 g/mol. The number of pyridine rings is 1. The van der Waals surface area contributed by atoms with E-state index in [0.29, 0.717) is 29.7 Å². The molecule has 0 bridgehead atoms. The van der Waals surface area contributed by atoms with Crippen molar-refractivity contribution in [1.29, 1.82) is 0 Å². The van der Waals surface area contributed by atoms with Gasteiger partial charge in [-0.2, -0.15) is 5.10 Å². The number of benzene rings is 1. The Hall–Kier alpha value is -2.22. The van der Waals surface area contributed by atoms with Gasteiger partial charge in [0, 0.05) is 38.2 Å². The zero-order chi connectivity index (χ0) is 20.3. The molecular formula is C20H25ClN4O2Si. The lowest BCUT2D eigenvalue weighted by Crippen LogP contribution is -2.22. The molecule has 0 unspecified atom stereocenters. The van der Waals surface area contributed by atoms with Crippen LogP contribution in [-0.2, 0) is 11.5 Å². The van der Waals surface area contributed by atoms with E-state index in [1.54, 1.807) is 30.1 Å². The van der Waals surface area contributed by atoms with Gasteiger partial charge in [-0.1, -0.05) is 49.4 Å². The highest BCUT2D eigenvalue weighted by Gasteiger charge is 2.19. The van der Waals surface area contributed by atoms with Gasteiger partial charge >= 0.3 is 0 Å². The lowest BCUT2D eigenvalue weighted by Gasteiger charge is -2.15. The van der Waals surface area contributed by atoms with E-state index in [-0.39, 0.29) is 5.91 Å². The van der Waals surface area contributed by atoms with Gasteiger partial charge in [0.05, 0.1) is 11.7 Å². The molecule has 3 aromatic rings. The number of carbonyl (C=O) groups excluding carboxylic acids is 1. The predicted molar refractivity (Wildman–Crippen MR) is 115 cm³/mol. The number of amides is 1. The van der Waals surface area contributed by atoms with E-state index in [0.717, 1.165) is 22.5 Å². The summed E-state index contributed by atoms with van der Waals surface area (Å²) in [5.74, 6) is -0.162. The third kappa shape index (κ3) is 4.60. The third-order valence-electron chi connectivity index (χ3n) is 4.47. The van der Waals surface area contributed by atoms with Crippen molar-refractivity contribution in [3.63, 3.8) is 0 Å². The van der Waals surface area contributed by atoms with Gasteiger partial charge in [-0.25, -0.2) is 9.67 Å². The van der Waals surface area contributed by atoms with E-state index in [2.05, 4.69) is 29.9 Å². The van der Waals surface area contributed by atoms with Gasteiger partial charge in [-0.3, -0.25) is 4.79 Å². The zero-order valence-corrected chi connectivity index (χ0v) is 18.4. The standard InChI is InChI=1S/C20H25ClN4O2Si/c1-22-20(26)15-8-6-5-7-14(15)19-16-11-18(21)23-12-17(16)25(24-19)13-27-9-10-28(2,3)4/h5-8,11-12H,9-10,13H2,1-4H3,(H,22,26). The van der Waals surface area contributed by atoms with Gasteiger partial charge in [0.15, 0.2) is 0 Å². The van der Waals surface area contributed by atoms with Gasteiger partial charge in [0.1, 0.15) is 17.6 Å². The predicted octanol–water partition coefficient (Wildman–Crippen LogP) is 4.42. The maximum absolute atomic E-state index is 12.3. The fourth-order valence-corrected chi connectivity index (χ4v) is 3.81. The van der Waals surface area contributed by atoms with Crippen LogP contribution in [0.25, 0.3) is 22.2 Å². The van der Waals surface area contributed by atoms with Crippen LogP contribution in [0.3, 0.4) is 0 Å². The van der Waals surface area contributed by atoms with Gasteiger partial charge in [-0.05, 0) is 18.2 Å². The number of hydrogen-bond acceptors (Lipinski definition) is 4. The average Bonchev–Trinajstić information content (AvgIpc) is 3.01. The molecule has 0 radical (unpaired) electrons. The second-order valence-corrected chi connectivity index (χ2v) is 13.9. The van der Waals surface area contributed by atoms with Crippen LogP contribution in [0.15, 0.2) is 36.5 Å². The highest BCUT2D eigenvalue weighted by atomic mass is 35.5. The number of carbonyl (C=O) groups is 1. The second-order valence-electron chi connectivity index (χ2n) is 7.85. The summed E-state index contributed by atoms with van der Waals surface area (Å²) in [6.07, 6.45) is 1.69. The highest BCUT2D eigenvalue weighted by Crippen LogP contribution is 2.31. The topological polar surface area (TPSA) is 69.0 Å². The first-order chi connectivity index (χ1) is 13.3. The summed E-state index contributed by atoms with van der Waals surface area (Å²) in [4.78, 5) is 16.5. The van der Waals surface area contributed by atoms with Crippen molar-refractivity contribution >= 4 is 36.5 Å². The Balaban J connectivity index is 2.00. The minimum atomic E-state index is -1.16. The van der Waals surface area contributed by atoms with Crippen LogP contribution in [0.5, 0.6) is 0 Å². The maximum Gasteiger partial charge on any atom is 0.251 e. The van der Waals surface area contributed by atoms with Crippen molar-refractivity contribution in [2.24, 2.45) is 0 Å². The first-order valence-corrected chi connectivity index (χ1v) is 13.3. The number of nitrogens with zero attached hydrogens (tertiary/aromatic N) is 3. The van der Waals surface area contributed by atoms with Crippen LogP contribution >= 0.6 is 11.6 Å². The minimum Gasteiger partial charge on any atom is -0.360 e. The summed E-state index contributed by atoms with van der Waals surface area (Å²) in [5, 5.41) is 8.64. The SMILES string of the molecule is CNC(=O)c1ccccc1-c1nn(COCC[Si](C)(C)C)c2cnc(Cl)cc12. The van der Waals surface area contributed by atoms with E-state index >= 15 is 0 Å². The largest absolute Gasteiger partial charge is 0.360 e. The van der Waals surface area contributed by atoms with Crippen LogP contribution in [-0.4, -0.2) is 42.4 Å². The normalized spacial score (nSPS) is 11.8. The quantitative estimate of drug-likeness (QED) is 0.351. The Kier molecular flexibility index (Phi) is 6.17. The summed E-state index contributed by atoms with van der Waals surface area (Å²) in [5.41, 5.74) is 2.81. The summed E-state index contributed by atoms with van der Waals surface area (Å²) in [6.45, 7) is 7.98. The number of halogens is 1. The van der Waals surface area contributed by atoms with Crippen LogP contribution in [0, 0.1) is 0 Å². The molecule has 0 saturated heterocycles. The van der Waals surface area contributed by atoms with Crippen molar-refractivity contribution in [3.05, 3.63) is 47.2 Å². The Labute approximate surface area is 170 Å². The number of aromatic nitrogens is 3. The first kappa shape index (κ1) is 20.5. The number of hydrogen-bond donors (Lipinski definition) is 1. The molecule has 1 amide bonds. The molecule has 6 nitrogen and oxygen atoms in total. The molecule has 0 spiro atoms. The Morgan fingerprint density at radius 3 is 2.75 bits per heavy atom. The molecule has 148 valence electrons. The monoisotopic (exact) mass is 416 g/mol. The van der Waals surface area contributed by atoms with Crippen molar-refractivity contribution in [2.45, 2.75) is 32.4 Å². The van der Waals surface area contributed by atoms with Gasteiger partial charge in [0.2, 0.25) is 0 Å². The first-order valence-electron chi connectivity index (χ1n) is 9.21. The van der Waals surface area contributed by atoms with E-state index in [4.69, 9.17) is 21.4 Å². The van der Waals surface area contributed by atoms with Crippen LogP contribution < -0.4 is 5.32 Å². The lowest BCUT2D eigenvalue weighted by molar-refractivity contribution is 0.0818. The van der Waals surface area contributed by atoms with Crippen molar-refractivity contribution in [2.75, 3.05) is 13.7 Å². The molecule has 1 N–H and O–H groups in total. The average molecular weight is 417 g/mol. The highest BCUT2D eigenvalue weighted by molar-refractivity contribution is 6.76. The molecule has 2 aromatic heterocycles. The molecule has 28 heavy (non-hydrogen) atoms. The number of ether oxygens (including phenoxy) is 1. The maximum atomic E-state index is 12.3. The second kappa shape index (κ2) is 8.42. The van der Waals surface area contributed by atoms with E-state index in [1.807, 2.05) is 18.2 Å². The fourth-order valence-electron chi connectivity index (χ4n) is 2.90. The molecule has 0 saturated carbocycles. The van der Waals surface area contributed by atoms with E-state index < -0.39 is 8.07 Å². The van der Waals surface area contributed by atoms with Gasteiger partial charge in [0.25, 0.3) is 5.91 Å². The summed E-state index contributed by atoms with van der Waals surface area (Å²) >= 11 is 6.14. The summed E-state index contributed by atoms with van der Waals surface area (Å²) in [7, 11) is 0.457. The van der Waals surface area contributed by atoms with Crippen LogP contribution in [0.1, 0.15) is 10.4 Å². The Morgan fingerprint density at radius 2 is 2.04 bits per heavy atom. The van der Waals surface area contributed by atoms with Crippen molar-refractivity contribution in [3.8, 4) is 11.3 Å². The summed E-state index contributed by atoms with van der Waals surface area (Å²) < 4.78 is 7.65. The molecule has 3 rings (SSSR count). The smallest absolute Gasteiger partial charge is 0.251 e. The number of fused-ring (bicyclic) bond motifs is 1. The molecule has 0 aliphatic heterocycles. The van der Waals surface area contributed by atoms with E-state index in [9.17, 15) is 4.79 Å². The Morgan fingerprint density at radius 1 is 1.29 bits per heavy atom. The molecule has 0 atom stereocenters. The van der Waals surface area contributed by atoms with Crippen molar-refractivity contribution < 1.29 is 9.53 Å². The minimum absolute atomic E-state index is 0.162. The van der Waals surface area contributed by atoms with Crippen molar-refractivity contribution in [1.82, 2.24) is 20.1 Å². The molecule has 0 fully saturated rings. The zero-order valence-electron chi connectivity index (χ0n) is 16.6. The van der Waals surface area contributed by atoms with Crippen LogP contribution in [0.4, 0.5) is 0 Å². The fraction of sp³-hybridized carbons (Fsp3) is 0.350. The number of rotatable bonds is 7. The molecule has 8 heteroatoms. The third-order valence-corrected chi connectivity index (χ3v) is 6.38. The van der Waals surface area contributed by atoms with Crippen LogP contribution in [0.2, 0.25) is 30.8 Å². The van der Waals surface area contributed by atoms with E-state index in [1.165, 1.54) is 0 Å². The lowest BCUT2D eigenvalue weighted by atomic mass is 10.0. The molecule has 0 aliphatic rings. The molecule has 1 aromatic carbocycles. The summed E-state index contributed by atoms with van der Waals surface area (Å²) in [6, 6.07) is 10.3. The Bertz CT molecular complexity index is 998. The van der Waals surface area contributed by atoms with Gasteiger partial charge in [-0.15, -0.1) is 0 Å². The molecule has 2 heterocycles. The van der Waals surface area contributed by atoms with Gasteiger partial charge < -0.3 is 10.1 Å². The molecule has 0 aliphatic carbocycles. The number of nitrogens with one attached hydrogen (secondary N) is 1.